The van der Waals surface area contributed by atoms with Crippen LogP contribution in [0.3, 0.4) is 0 Å². The Labute approximate surface area is 121 Å². The second kappa shape index (κ2) is 7.29. The number of amides is 1. The maximum absolute atomic E-state index is 12.0. The van der Waals surface area contributed by atoms with Crippen molar-refractivity contribution in [1.29, 1.82) is 0 Å². The van der Waals surface area contributed by atoms with Crippen molar-refractivity contribution >= 4 is 11.6 Å². The van der Waals surface area contributed by atoms with Crippen LogP contribution < -0.4 is 15.5 Å². The van der Waals surface area contributed by atoms with Gasteiger partial charge in [0.05, 0.1) is 0 Å². The molecule has 1 aliphatic heterocycles. The van der Waals surface area contributed by atoms with Gasteiger partial charge >= 0.3 is 0 Å². The highest BCUT2D eigenvalue weighted by molar-refractivity contribution is 5.94. The molecule has 4 heteroatoms. The first-order chi connectivity index (χ1) is 9.74. The third kappa shape index (κ3) is 3.73. The number of hydrogen-bond donors (Lipinski definition) is 2. The van der Waals surface area contributed by atoms with Crippen LogP contribution in [0.5, 0.6) is 0 Å². The summed E-state index contributed by atoms with van der Waals surface area (Å²) in [4.78, 5) is 14.3. The number of carbonyl (C=O) groups excluding carboxylic acids is 1. The van der Waals surface area contributed by atoms with Crippen molar-refractivity contribution in [3.63, 3.8) is 0 Å². The Bertz CT molecular complexity index is 426. The summed E-state index contributed by atoms with van der Waals surface area (Å²) in [5.74, 6) is 0.625. The summed E-state index contributed by atoms with van der Waals surface area (Å²) in [6, 6.07) is 7.92. The van der Waals surface area contributed by atoms with E-state index in [4.69, 9.17) is 0 Å². The van der Waals surface area contributed by atoms with Gasteiger partial charge in [-0.3, -0.25) is 4.79 Å². The molecular weight excluding hydrogens is 250 g/mol. The minimum atomic E-state index is 0.0296. The van der Waals surface area contributed by atoms with Crippen molar-refractivity contribution in [2.24, 2.45) is 5.92 Å². The molecule has 1 heterocycles. The van der Waals surface area contributed by atoms with E-state index in [1.807, 2.05) is 24.3 Å². The monoisotopic (exact) mass is 275 g/mol. The first kappa shape index (κ1) is 14.9. The van der Waals surface area contributed by atoms with Gasteiger partial charge in [-0.25, -0.2) is 0 Å². The highest BCUT2D eigenvalue weighted by atomic mass is 16.1. The number of anilines is 1. The van der Waals surface area contributed by atoms with E-state index >= 15 is 0 Å². The Morgan fingerprint density at radius 2 is 2.00 bits per heavy atom. The maximum atomic E-state index is 12.0. The first-order valence-corrected chi connectivity index (χ1v) is 7.58. The van der Waals surface area contributed by atoms with Gasteiger partial charge in [0.2, 0.25) is 0 Å². The van der Waals surface area contributed by atoms with Crippen LogP contribution in [0.1, 0.15) is 30.6 Å². The third-order valence-electron chi connectivity index (χ3n) is 3.79. The Balaban J connectivity index is 1.90. The molecule has 0 spiro atoms. The van der Waals surface area contributed by atoms with E-state index in [-0.39, 0.29) is 5.91 Å². The zero-order valence-corrected chi connectivity index (χ0v) is 12.5. The quantitative estimate of drug-likeness (QED) is 0.798. The maximum Gasteiger partial charge on any atom is 0.251 e. The summed E-state index contributed by atoms with van der Waals surface area (Å²) in [5, 5.41) is 6.20. The van der Waals surface area contributed by atoms with Crippen molar-refractivity contribution in [3.8, 4) is 0 Å². The van der Waals surface area contributed by atoms with Crippen LogP contribution in [0.2, 0.25) is 0 Å². The minimum Gasteiger partial charge on any atom is -0.372 e. The number of benzene rings is 1. The lowest BCUT2D eigenvalue weighted by Gasteiger charge is -2.27. The van der Waals surface area contributed by atoms with Crippen molar-refractivity contribution in [2.45, 2.75) is 20.3 Å². The van der Waals surface area contributed by atoms with Gasteiger partial charge in [0, 0.05) is 49.9 Å². The molecule has 0 unspecified atom stereocenters. The Morgan fingerprint density at radius 1 is 1.30 bits per heavy atom. The molecule has 4 nitrogen and oxygen atoms in total. The molecule has 0 radical (unpaired) electrons. The van der Waals surface area contributed by atoms with Gasteiger partial charge in [-0.15, -0.1) is 0 Å². The molecule has 0 bridgehead atoms. The lowest BCUT2D eigenvalue weighted by atomic mass is 10.0. The molecule has 110 valence electrons. The van der Waals surface area contributed by atoms with E-state index in [9.17, 15) is 4.79 Å². The second-order valence-electron chi connectivity index (χ2n) is 5.36. The van der Waals surface area contributed by atoms with Crippen molar-refractivity contribution in [3.05, 3.63) is 29.8 Å². The van der Waals surface area contributed by atoms with Crippen LogP contribution in [0.15, 0.2) is 24.3 Å². The van der Waals surface area contributed by atoms with Gasteiger partial charge in [-0.05, 0) is 37.6 Å². The van der Waals surface area contributed by atoms with Crippen LogP contribution in [0.4, 0.5) is 5.69 Å². The number of nitrogens with one attached hydrogen (secondary N) is 2. The van der Waals surface area contributed by atoms with Crippen molar-refractivity contribution in [2.75, 3.05) is 37.6 Å². The molecule has 1 aromatic rings. The zero-order chi connectivity index (χ0) is 14.4. The van der Waals surface area contributed by atoms with E-state index in [1.54, 1.807) is 0 Å². The average molecular weight is 275 g/mol. The highest BCUT2D eigenvalue weighted by Gasteiger charge is 2.17. The predicted molar refractivity (Wildman–Crippen MR) is 83.3 cm³/mol. The fourth-order valence-electron chi connectivity index (χ4n) is 2.40. The minimum absolute atomic E-state index is 0.0296. The molecule has 0 atom stereocenters. The molecule has 1 aliphatic rings. The van der Waals surface area contributed by atoms with Gasteiger partial charge in [0.25, 0.3) is 5.91 Å². The molecule has 1 fully saturated rings. The van der Waals surface area contributed by atoms with Crippen LogP contribution >= 0.6 is 0 Å². The highest BCUT2D eigenvalue weighted by Crippen LogP contribution is 2.15. The van der Waals surface area contributed by atoms with Crippen LogP contribution in [0, 0.1) is 5.92 Å². The third-order valence-corrected chi connectivity index (χ3v) is 3.79. The van der Waals surface area contributed by atoms with Gasteiger partial charge < -0.3 is 15.5 Å². The van der Waals surface area contributed by atoms with Gasteiger partial charge in [0.1, 0.15) is 0 Å². The number of carbonyl (C=O) groups is 1. The lowest BCUT2D eigenvalue weighted by molar-refractivity contribution is 0.0942. The number of hydrogen-bond acceptors (Lipinski definition) is 3. The Hall–Kier alpha value is -1.55. The van der Waals surface area contributed by atoms with E-state index in [2.05, 4.69) is 29.4 Å². The van der Waals surface area contributed by atoms with E-state index < -0.39 is 0 Å². The lowest BCUT2D eigenvalue weighted by Crippen LogP contribution is -2.48. The first-order valence-electron chi connectivity index (χ1n) is 7.58. The van der Waals surface area contributed by atoms with Crippen LogP contribution in [-0.4, -0.2) is 38.6 Å². The fourth-order valence-corrected chi connectivity index (χ4v) is 2.40. The average Bonchev–Trinajstić information content (AvgIpc) is 2.43. The largest absolute Gasteiger partial charge is 0.372 e. The fraction of sp³-hybridized carbons (Fsp3) is 0.562. The summed E-state index contributed by atoms with van der Waals surface area (Å²) < 4.78 is 0. The Kier molecular flexibility index (Phi) is 5.41. The normalized spacial score (nSPS) is 14.7. The zero-order valence-electron chi connectivity index (χ0n) is 12.5. The topological polar surface area (TPSA) is 44.4 Å². The van der Waals surface area contributed by atoms with E-state index in [0.717, 1.165) is 44.7 Å². The van der Waals surface area contributed by atoms with Crippen LogP contribution in [-0.2, 0) is 0 Å². The predicted octanol–water partition coefficient (Wildman–Crippen LogP) is 1.87. The smallest absolute Gasteiger partial charge is 0.251 e. The number of rotatable bonds is 7. The molecule has 2 rings (SSSR count). The molecule has 2 N–H and O–H groups in total. The molecule has 1 amide bonds. The second-order valence-corrected chi connectivity index (χ2v) is 5.36. The molecular formula is C16H25N3O. The summed E-state index contributed by atoms with van der Waals surface area (Å²) in [5.41, 5.74) is 1.93. The summed E-state index contributed by atoms with van der Waals surface area (Å²) >= 11 is 0. The van der Waals surface area contributed by atoms with Crippen LogP contribution in [0.25, 0.3) is 0 Å². The standard InChI is InChI=1S/C16H25N3O/c1-3-9-19(4-2)15-7-5-14(6-8-15)16(20)18-12-13-10-17-11-13/h5-8,13,17H,3-4,9-12H2,1-2H3,(H,18,20). The van der Waals surface area contributed by atoms with Crippen molar-refractivity contribution in [1.82, 2.24) is 10.6 Å². The van der Waals surface area contributed by atoms with Gasteiger partial charge in [-0.1, -0.05) is 6.92 Å². The molecule has 0 aromatic heterocycles. The summed E-state index contributed by atoms with van der Waals surface area (Å²) in [7, 11) is 0. The van der Waals surface area contributed by atoms with E-state index in [0.29, 0.717) is 5.92 Å². The number of nitrogens with zero attached hydrogens (tertiary/aromatic N) is 1. The van der Waals surface area contributed by atoms with E-state index in [1.165, 1.54) is 5.69 Å². The SMILES string of the molecule is CCCN(CC)c1ccc(C(=O)NCC2CNC2)cc1. The van der Waals surface area contributed by atoms with Crippen molar-refractivity contribution < 1.29 is 4.79 Å². The summed E-state index contributed by atoms with van der Waals surface area (Å²) in [6.07, 6.45) is 1.13. The molecule has 1 saturated heterocycles. The van der Waals surface area contributed by atoms with Gasteiger partial charge in [0.15, 0.2) is 0 Å². The molecule has 20 heavy (non-hydrogen) atoms. The molecule has 0 saturated carbocycles. The Morgan fingerprint density at radius 3 is 2.50 bits per heavy atom. The molecule has 1 aromatic carbocycles. The molecule has 0 aliphatic carbocycles. The van der Waals surface area contributed by atoms with Gasteiger partial charge in [-0.2, -0.15) is 0 Å². The summed E-state index contributed by atoms with van der Waals surface area (Å²) in [6.45, 7) is 9.18.